The van der Waals surface area contributed by atoms with Gasteiger partial charge in [-0.1, -0.05) is 12.1 Å². The maximum absolute atomic E-state index is 13.0. The van der Waals surface area contributed by atoms with Gasteiger partial charge in [0.15, 0.2) is 11.5 Å². The molecule has 9 heteroatoms. The van der Waals surface area contributed by atoms with Gasteiger partial charge in [0.05, 0.1) is 44.2 Å². The van der Waals surface area contributed by atoms with Gasteiger partial charge in [-0.3, -0.25) is 4.90 Å². The first-order chi connectivity index (χ1) is 15.9. The normalized spacial score (nSPS) is 14.9. The molecule has 4 rings (SSSR count). The van der Waals surface area contributed by atoms with E-state index < -0.39 is 11.7 Å². The minimum Gasteiger partial charge on any atom is -0.493 e. The average molecular weight is 462 g/mol. The standard InChI is InChI=1S/C24H25F3N2O4/c1-30-22-13-18-20(15-23(22)31-2)28-19(16-3-5-17(6-4-16)24(25,26)27)14-21(18)33-12-9-29-7-10-32-11-8-29/h3-6,13-15H,7-12H2,1-2H3. The first kappa shape index (κ1) is 23.1. The van der Waals surface area contributed by atoms with Gasteiger partial charge in [-0.15, -0.1) is 0 Å². The van der Waals surface area contributed by atoms with E-state index in [4.69, 9.17) is 18.9 Å². The number of rotatable bonds is 7. The van der Waals surface area contributed by atoms with Gasteiger partial charge in [0.1, 0.15) is 12.4 Å². The second-order valence-corrected chi connectivity index (χ2v) is 7.61. The van der Waals surface area contributed by atoms with E-state index in [1.165, 1.54) is 19.2 Å². The van der Waals surface area contributed by atoms with Crippen LogP contribution in [0.2, 0.25) is 0 Å². The topological polar surface area (TPSA) is 53.1 Å². The molecule has 0 amide bonds. The van der Waals surface area contributed by atoms with Crippen LogP contribution in [0.25, 0.3) is 22.2 Å². The van der Waals surface area contributed by atoms with Crippen LogP contribution in [0.5, 0.6) is 17.2 Å². The lowest BCUT2D eigenvalue weighted by Crippen LogP contribution is -2.38. The summed E-state index contributed by atoms with van der Waals surface area (Å²) in [6.45, 7) is 4.28. The molecule has 0 atom stereocenters. The second-order valence-electron chi connectivity index (χ2n) is 7.61. The predicted molar refractivity (Wildman–Crippen MR) is 118 cm³/mol. The summed E-state index contributed by atoms with van der Waals surface area (Å²) in [6, 6.07) is 10.2. The van der Waals surface area contributed by atoms with Crippen LogP contribution in [-0.4, -0.2) is 63.6 Å². The molecule has 2 heterocycles. The molecule has 1 aliphatic heterocycles. The summed E-state index contributed by atoms with van der Waals surface area (Å²) in [4.78, 5) is 6.91. The minimum absolute atomic E-state index is 0.444. The van der Waals surface area contributed by atoms with Gasteiger partial charge in [-0.25, -0.2) is 4.98 Å². The van der Waals surface area contributed by atoms with Crippen LogP contribution in [-0.2, 0) is 10.9 Å². The molecule has 1 aromatic heterocycles. The molecule has 0 spiro atoms. The number of nitrogens with zero attached hydrogens (tertiary/aromatic N) is 2. The van der Waals surface area contributed by atoms with Crippen LogP contribution >= 0.6 is 0 Å². The molecular formula is C24H25F3N2O4. The molecule has 1 aliphatic rings. The minimum atomic E-state index is -4.40. The van der Waals surface area contributed by atoms with E-state index in [0.717, 1.165) is 37.2 Å². The van der Waals surface area contributed by atoms with Crippen LogP contribution in [0.15, 0.2) is 42.5 Å². The summed E-state index contributed by atoms with van der Waals surface area (Å²) in [6.07, 6.45) is -4.40. The number of halogens is 3. The Morgan fingerprint density at radius 1 is 0.939 bits per heavy atom. The van der Waals surface area contributed by atoms with Crippen molar-refractivity contribution in [2.45, 2.75) is 6.18 Å². The van der Waals surface area contributed by atoms with Crippen LogP contribution in [0.3, 0.4) is 0 Å². The molecule has 3 aromatic rings. The Bertz CT molecular complexity index is 1100. The molecule has 176 valence electrons. The van der Waals surface area contributed by atoms with Gasteiger partial charge in [-0.05, 0) is 18.2 Å². The number of hydrogen-bond donors (Lipinski definition) is 0. The molecule has 6 nitrogen and oxygen atoms in total. The molecule has 0 unspecified atom stereocenters. The van der Waals surface area contributed by atoms with E-state index in [2.05, 4.69) is 9.88 Å². The summed E-state index contributed by atoms with van der Waals surface area (Å²) in [5, 5.41) is 0.727. The zero-order chi connectivity index (χ0) is 23.4. The second kappa shape index (κ2) is 9.84. The van der Waals surface area contributed by atoms with E-state index in [9.17, 15) is 13.2 Å². The SMILES string of the molecule is COc1cc2nc(-c3ccc(C(F)(F)F)cc3)cc(OCCN3CCOCC3)c2cc1OC. The molecule has 0 aliphatic carbocycles. The number of pyridine rings is 1. The maximum atomic E-state index is 13.0. The van der Waals surface area contributed by atoms with E-state index in [0.29, 0.717) is 53.8 Å². The number of benzene rings is 2. The highest BCUT2D eigenvalue weighted by Gasteiger charge is 2.30. The fourth-order valence-electron chi connectivity index (χ4n) is 3.73. The Kier molecular flexibility index (Phi) is 6.90. The van der Waals surface area contributed by atoms with Crippen molar-refractivity contribution in [1.29, 1.82) is 0 Å². The fraction of sp³-hybridized carbons (Fsp3) is 0.375. The summed E-state index contributed by atoms with van der Waals surface area (Å²) in [5.74, 6) is 1.61. The highest BCUT2D eigenvalue weighted by molar-refractivity contribution is 5.90. The van der Waals surface area contributed by atoms with Crippen molar-refractivity contribution in [1.82, 2.24) is 9.88 Å². The van der Waals surface area contributed by atoms with Gasteiger partial charge in [0, 0.05) is 42.7 Å². The molecule has 0 radical (unpaired) electrons. The lowest BCUT2D eigenvalue weighted by atomic mass is 10.1. The smallest absolute Gasteiger partial charge is 0.416 e. The number of fused-ring (bicyclic) bond motifs is 1. The van der Waals surface area contributed by atoms with Crippen molar-refractivity contribution in [2.24, 2.45) is 0 Å². The summed E-state index contributed by atoms with van der Waals surface area (Å²) in [5.41, 5.74) is 0.939. The zero-order valence-corrected chi connectivity index (χ0v) is 18.4. The lowest BCUT2D eigenvalue weighted by molar-refractivity contribution is -0.137. The number of hydrogen-bond acceptors (Lipinski definition) is 6. The molecule has 1 saturated heterocycles. The van der Waals surface area contributed by atoms with Crippen LogP contribution in [0, 0.1) is 0 Å². The van der Waals surface area contributed by atoms with Crippen LogP contribution in [0.4, 0.5) is 13.2 Å². The Morgan fingerprint density at radius 2 is 1.61 bits per heavy atom. The largest absolute Gasteiger partial charge is 0.493 e. The average Bonchev–Trinajstić information content (AvgIpc) is 2.83. The molecule has 2 aromatic carbocycles. The van der Waals surface area contributed by atoms with Crippen molar-refractivity contribution in [3.8, 4) is 28.5 Å². The first-order valence-corrected chi connectivity index (χ1v) is 10.6. The number of ether oxygens (including phenoxy) is 4. The Hall–Kier alpha value is -3.04. The lowest BCUT2D eigenvalue weighted by Gasteiger charge is -2.26. The van der Waals surface area contributed by atoms with Crippen molar-refractivity contribution in [3.05, 3.63) is 48.0 Å². The summed E-state index contributed by atoms with van der Waals surface area (Å²) >= 11 is 0. The van der Waals surface area contributed by atoms with Crippen LogP contribution < -0.4 is 14.2 Å². The van der Waals surface area contributed by atoms with Crippen molar-refractivity contribution in [3.63, 3.8) is 0 Å². The first-order valence-electron chi connectivity index (χ1n) is 10.6. The zero-order valence-electron chi connectivity index (χ0n) is 18.4. The monoisotopic (exact) mass is 462 g/mol. The van der Waals surface area contributed by atoms with Gasteiger partial charge in [0.25, 0.3) is 0 Å². The van der Waals surface area contributed by atoms with E-state index in [1.54, 1.807) is 25.3 Å². The van der Waals surface area contributed by atoms with Gasteiger partial charge < -0.3 is 18.9 Å². The van der Waals surface area contributed by atoms with E-state index in [1.807, 2.05) is 0 Å². The summed E-state index contributed by atoms with van der Waals surface area (Å²) in [7, 11) is 3.08. The van der Waals surface area contributed by atoms with Crippen LogP contribution in [0.1, 0.15) is 5.56 Å². The third-order valence-electron chi connectivity index (χ3n) is 5.55. The van der Waals surface area contributed by atoms with Gasteiger partial charge in [0.2, 0.25) is 0 Å². The molecule has 0 bridgehead atoms. The number of aromatic nitrogens is 1. The molecule has 1 fully saturated rings. The van der Waals surface area contributed by atoms with Gasteiger partial charge >= 0.3 is 6.18 Å². The highest BCUT2D eigenvalue weighted by atomic mass is 19.4. The molecule has 33 heavy (non-hydrogen) atoms. The molecule has 0 saturated carbocycles. The quantitative estimate of drug-likeness (QED) is 0.510. The fourth-order valence-corrected chi connectivity index (χ4v) is 3.73. The number of morpholine rings is 1. The van der Waals surface area contributed by atoms with Crippen molar-refractivity contribution < 1.29 is 32.1 Å². The van der Waals surface area contributed by atoms with Crippen molar-refractivity contribution >= 4 is 10.9 Å². The Labute approximate surface area is 189 Å². The van der Waals surface area contributed by atoms with Crippen molar-refractivity contribution in [2.75, 3.05) is 53.7 Å². The highest BCUT2D eigenvalue weighted by Crippen LogP contribution is 2.38. The third-order valence-corrected chi connectivity index (χ3v) is 5.55. The Balaban J connectivity index is 1.69. The predicted octanol–water partition coefficient (Wildman–Crippen LogP) is 4.65. The third kappa shape index (κ3) is 5.31. The van der Waals surface area contributed by atoms with Gasteiger partial charge in [-0.2, -0.15) is 13.2 Å². The molecular weight excluding hydrogens is 437 g/mol. The number of alkyl halides is 3. The Morgan fingerprint density at radius 3 is 2.24 bits per heavy atom. The van der Waals surface area contributed by atoms with E-state index in [-0.39, 0.29) is 0 Å². The molecule has 0 N–H and O–H groups in total. The number of methoxy groups -OCH3 is 2. The summed E-state index contributed by atoms with van der Waals surface area (Å²) < 4.78 is 61.2. The van der Waals surface area contributed by atoms with E-state index >= 15 is 0 Å². The maximum Gasteiger partial charge on any atom is 0.416 e.